The maximum absolute atomic E-state index is 5.27. The molecule has 1 unspecified atom stereocenters. The van der Waals surface area contributed by atoms with Crippen LogP contribution < -0.4 is 0 Å². The van der Waals surface area contributed by atoms with Crippen molar-refractivity contribution >= 4 is 0 Å². The molecule has 0 aromatic heterocycles. The molecule has 10 heavy (non-hydrogen) atoms. The van der Waals surface area contributed by atoms with Crippen LogP contribution in [0, 0.1) is 5.92 Å². The van der Waals surface area contributed by atoms with Crippen LogP contribution in [0.4, 0.5) is 0 Å². The lowest BCUT2D eigenvalue weighted by Gasteiger charge is -2.22. The Morgan fingerprint density at radius 1 is 1.60 bits per heavy atom. The minimum Gasteiger partial charge on any atom is -0.469 e. The number of allylic oxidation sites excluding steroid dienone is 1. The third kappa shape index (κ3) is 1.25. The predicted octanol–water partition coefficient (Wildman–Crippen LogP) is 1.92. The third-order valence-electron chi connectivity index (χ3n) is 2.03. The minimum atomic E-state index is 0.615. The number of hydrogen-bond acceptors (Lipinski definition) is 2. The van der Waals surface area contributed by atoms with Crippen molar-refractivity contribution in [1.82, 2.24) is 0 Å². The van der Waals surface area contributed by atoms with Gasteiger partial charge in [0.2, 0.25) is 0 Å². The van der Waals surface area contributed by atoms with Gasteiger partial charge >= 0.3 is 0 Å². The Morgan fingerprint density at radius 3 is 2.80 bits per heavy atom. The van der Waals surface area contributed by atoms with Crippen molar-refractivity contribution in [2.75, 3.05) is 13.7 Å². The van der Waals surface area contributed by atoms with Crippen LogP contribution in [0.5, 0.6) is 0 Å². The zero-order valence-corrected chi connectivity index (χ0v) is 6.81. The first kappa shape index (κ1) is 7.45. The molecule has 0 N–H and O–H groups in total. The van der Waals surface area contributed by atoms with Crippen molar-refractivity contribution in [3.63, 3.8) is 0 Å². The van der Waals surface area contributed by atoms with Crippen LogP contribution >= 0.6 is 0 Å². The monoisotopic (exact) mass is 142 g/mol. The summed E-state index contributed by atoms with van der Waals surface area (Å²) in [6.07, 6.45) is 1.11. The topological polar surface area (TPSA) is 18.5 Å². The van der Waals surface area contributed by atoms with E-state index in [0.29, 0.717) is 5.92 Å². The fourth-order valence-electron chi connectivity index (χ4n) is 1.08. The van der Waals surface area contributed by atoms with E-state index in [2.05, 4.69) is 13.8 Å². The lowest BCUT2D eigenvalue weighted by atomic mass is 9.99. The van der Waals surface area contributed by atoms with E-state index in [1.165, 1.54) is 5.57 Å². The van der Waals surface area contributed by atoms with E-state index in [-0.39, 0.29) is 0 Å². The first-order valence-electron chi connectivity index (χ1n) is 3.63. The van der Waals surface area contributed by atoms with Gasteiger partial charge in [0, 0.05) is 5.57 Å². The molecule has 0 aromatic rings. The zero-order valence-electron chi connectivity index (χ0n) is 6.81. The van der Waals surface area contributed by atoms with Crippen LogP contribution in [0.3, 0.4) is 0 Å². The Balaban J connectivity index is 2.72. The molecule has 2 nitrogen and oxygen atoms in total. The quantitative estimate of drug-likeness (QED) is 0.557. The van der Waals surface area contributed by atoms with Crippen molar-refractivity contribution in [2.24, 2.45) is 5.92 Å². The van der Waals surface area contributed by atoms with Crippen LogP contribution in [-0.4, -0.2) is 13.7 Å². The molecular weight excluding hydrogens is 128 g/mol. The summed E-state index contributed by atoms with van der Waals surface area (Å²) in [5.74, 6) is 1.34. The smallest absolute Gasteiger partial charge is 0.277 e. The van der Waals surface area contributed by atoms with Crippen LogP contribution in [0.15, 0.2) is 11.5 Å². The van der Waals surface area contributed by atoms with E-state index in [1.807, 2.05) is 0 Å². The SMILES string of the molecule is COC1=C(C)C(C)CCO1. The van der Waals surface area contributed by atoms with Crippen molar-refractivity contribution in [1.29, 1.82) is 0 Å². The molecule has 58 valence electrons. The summed E-state index contributed by atoms with van der Waals surface area (Å²) in [6, 6.07) is 0. The molecule has 2 heteroatoms. The van der Waals surface area contributed by atoms with Gasteiger partial charge in [-0.2, -0.15) is 0 Å². The highest BCUT2D eigenvalue weighted by molar-refractivity contribution is 5.06. The summed E-state index contributed by atoms with van der Waals surface area (Å²) in [5.41, 5.74) is 1.23. The summed E-state index contributed by atoms with van der Waals surface area (Å²) in [7, 11) is 1.65. The van der Waals surface area contributed by atoms with Crippen molar-refractivity contribution < 1.29 is 9.47 Å². The molecule has 0 radical (unpaired) electrons. The molecule has 1 heterocycles. The predicted molar refractivity (Wildman–Crippen MR) is 39.4 cm³/mol. The number of methoxy groups -OCH3 is 1. The van der Waals surface area contributed by atoms with E-state index in [1.54, 1.807) is 7.11 Å². The molecule has 0 amide bonds. The maximum atomic E-state index is 5.27. The largest absolute Gasteiger partial charge is 0.469 e. The Labute approximate surface area is 61.8 Å². The van der Waals surface area contributed by atoms with Crippen LogP contribution in [0.1, 0.15) is 20.3 Å². The summed E-state index contributed by atoms with van der Waals surface area (Å²) in [4.78, 5) is 0. The molecule has 0 fully saturated rings. The van der Waals surface area contributed by atoms with Gasteiger partial charge < -0.3 is 9.47 Å². The molecule has 0 saturated heterocycles. The molecule has 1 atom stereocenters. The fraction of sp³-hybridized carbons (Fsp3) is 0.750. The maximum Gasteiger partial charge on any atom is 0.277 e. The van der Waals surface area contributed by atoms with E-state index in [9.17, 15) is 0 Å². The molecule has 1 aliphatic rings. The van der Waals surface area contributed by atoms with E-state index < -0.39 is 0 Å². The molecule has 0 spiro atoms. The first-order chi connectivity index (χ1) is 4.75. The Hall–Kier alpha value is -0.660. The number of rotatable bonds is 1. The van der Waals surface area contributed by atoms with Gasteiger partial charge in [0.25, 0.3) is 5.95 Å². The standard InChI is InChI=1S/C8H14O2/c1-6-4-5-10-8(9-3)7(6)2/h6H,4-5H2,1-3H3. The molecule has 0 aliphatic carbocycles. The average Bonchev–Trinajstić information content (AvgIpc) is 1.95. The molecular formula is C8H14O2. The van der Waals surface area contributed by atoms with Gasteiger partial charge in [0.1, 0.15) is 0 Å². The summed E-state index contributed by atoms with van der Waals surface area (Å²) in [6.45, 7) is 5.04. The molecule has 1 aliphatic heterocycles. The van der Waals surface area contributed by atoms with E-state index in [0.717, 1.165) is 19.0 Å². The molecule has 0 saturated carbocycles. The normalized spacial score (nSPS) is 26.1. The average molecular weight is 142 g/mol. The van der Waals surface area contributed by atoms with Crippen molar-refractivity contribution in [2.45, 2.75) is 20.3 Å². The highest BCUT2D eigenvalue weighted by Gasteiger charge is 2.17. The second-order valence-corrected chi connectivity index (χ2v) is 2.71. The highest BCUT2D eigenvalue weighted by Crippen LogP contribution is 2.24. The van der Waals surface area contributed by atoms with E-state index in [4.69, 9.17) is 9.47 Å². The van der Waals surface area contributed by atoms with Crippen LogP contribution in [0.2, 0.25) is 0 Å². The van der Waals surface area contributed by atoms with Gasteiger partial charge in [-0.05, 0) is 19.3 Å². The minimum absolute atomic E-state index is 0.615. The summed E-state index contributed by atoms with van der Waals surface area (Å²) >= 11 is 0. The van der Waals surface area contributed by atoms with Gasteiger partial charge in [-0.3, -0.25) is 0 Å². The van der Waals surface area contributed by atoms with Gasteiger partial charge in [0.15, 0.2) is 0 Å². The number of hydrogen-bond donors (Lipinski definition) is 0. The summed E-state index contributed by atoms with van der Waals surface area (Å²) < 4.78 is 10.3. The Bertz CT molecular complexity index is 149. The lowest BCUT2D eigenvalue weighted by Crippen LogP contribution is -2.13. The van der Waals surface area contributed by atoms with E-state index >= 15 is 0 Å². The van der Waals surface area contributed by atoms with Crippen LogP contribution in [0.25, 0.3) is 0 Å². The van der Waals surface area contributed by atoms with Gasteiger partial charge in [-0.1, -0.05) is 6.92 Å². The lowest BCUT2D eigenvalue weighted by molar-refractivity contribution is 0.0358. The number of ether oxygens (including phenoxy) is 2. The van der Waals surface area contributed by atoms with Crippen molar-refractivity contribution in [3.05, 3.63) is 11.5 Å². The van der Waals surface area contributed by atoms with Gasteiger partial charge in [0.05, 0.1) is 13.7 Å². The zero-order chi connectivity index (χ0) is 7.56. The Morgan fingerprint density at radius 2 is 2.30 bits per heavy atom. The molecule has 1 rings (SSSR count). The van der Waals surface area contributed by atoms with Gasteiger partial charge in [-0.25, -0.2) is 0 Å². The Kier molecular flexibility index (Phi) is 2.20. The third-order valence-corrected chi connectivity index (χ3v) is 2.03. The van der Waals surface area contributed by atoms with Gasteiger partial charge in [-0.15, -0.1) is 0 Å². The first-order valence-corrected chi connectivity index (χ1v) is 3.63. The molecule has 0 bridgehead atoms. The van der Waals surface area contributed by atoms with Crippen molar-refractivity contribution in [3.8, 4) is 0 Å². The summed E-state index contributed by atoms with van der Waals surface area (Å²) in [5, 5.41) is 0. The van der Waals surface area contributed by atoms with Crippen LogP contribution in [-0.2, 0) is 9.47 Å². The second-order valence-electron chi connectivity index (χ2n) is 2.71. The molecule has 0 aromatic carbocycles. The second kappa shape index (κ2) is 2.95. The highest BCUT2D eigenvalue weighted by atomic mass is 16.7. The fourth-order valence-corrected chi connectivity index (χ4v) is 1.08.